The van der Waals surface area contributed by atoms with E-state index < -0.39 is 17.7 Å². The Labute approximate surface area is 212 Å². The zero-order valence-electron chi connectivity index (χ0n) is 20.3. The maximum Gasteiger partial charge on any atom is 0.416 e. The fraction of sp³-hybridized carbons (Fsp3) is 0.233. The predicted octanol–water partition coefficient (Wildman–Crippen LogP) is 7.63. The molecule has 0 aliphatic carbocycles. The number of benzene rings is 4. The van der Waals surface area contributed by atoms with E-state index in [1.807, 2.05) is 35.4 Å². The van der Waals surface area contributed by atoms with Crippen molar-refractivity contribution in [3.63, 3.8) is 0 Å². The Morgan fingerprint density at radius 2 is 1.49 bits per heavy atom. The van der Waals surface area contributed by atoms with E-state index in [0.29, 0.717) is 22.4 Å². The highest BCUT2D eigenvalue weighted by Gasteiger charge is 2.30. The Bertz CT molecular complexity index is 1420. The summed E-state index contributed by atoms with van der Waals surface area (Å²) in [5, 5.41) is 13.3. The van der Waals surface area contributed by atoms with E-state index in [9.17, 15) is 23.1 Å². The summed E-state index contributed by atoms with van der Waals surface area (Å²) in [5.74, 6) is -0.585. The number of rotatable bonds is 5. The molecule has 0 amide bonds. The van der Waals surface area contributed by atoms with Crippen LogP contribution in [-0.4, -0.2) is 36.3 Å². The number of hydrogen-bond donors (Lipinski definition) is 1. The van der Waals surface area contributed by atoms with Gasteiger partial charge in [0.15, 0.2) is 0 Å². The lowest BCUT2D eigenvalue weighted by molar-refractivity contribution is -0.143. The van der Waals surface area contributed by atoms with E-state index in [4.69, 9.17) is 4.84 Å². The molecule has 0 spiro atoms. The van der Waals surface area contributed by atoms with Crippen molar-refractivity contribution in [1.29, 1.82) is 0 Å². The summed E-state index contributed by atoms with van der Waals surface area (Å²) in [7, 11) is 1.69. The monoisotopic (exact) mass is 505 g/mol. The Hall–Kier alpha value is -3.68. The van der Waals surface area contributed by atoms with E-state index in [0.717, 1.165) is 54.6 Å². The van der Waals surface area contributed by atoms with Crippen molar-refractivity contribution in [2.75, 3.05) is 20.2 Å². The normalized spacial score (nSPS) is 15.2. The Kier molecular flexibility index (Phi) is 6.75. The van der Waals surface area contributed by atoms with Crippen molar-refractivity contribution >= 4 is 16.7 Å². The average molecular weight is 506 g/mol. The Morgan fingerprint density at radius 1 is 0.865 bits per heavy atom. The van der Waals surface area contributed by atoms with Crippen LogP contribution >= 0.6 is 0 Å². The van der Waals surface area contributed by atoms with Crippen molar-refractivity contribution in [2.24, 2.45) is 0 Å². The van der Waals surface area contributed by atoms with Crippen molar-refractivity contribution in [3.05, 3.63) is 95.6 Å². The highest BCUT2D eigenvalue weighted by Crippen LogP contribution is 2.36. The number of alkyl halides is 3. The van der Waals surface area contributed by atoms with Gasteiger partial charge >= 0.3 is 12.1 Å². The number of carbonyl (C=O) groups is 1. The lowest BCUT2D eigenvalue weighted by Gasteiger charge is -2.30. The van der Waals surface area contributed by atoms with Gasteiger partial charge in [-0.25, -0.2) is 4.79 Å². The summed E-state index contributed by atoms with van der Waals surface area (Å²) in [5.41, 5.74) is 3.75. The molecular weight excluding hydrogens is 479 g/mol. The minimum Gasteiger partial charge on any atom is -0.478 e. The third kappa shape index (κ3) is 5.24. The van der Waals surface area contributed by atoms with E-state index in [1.165, 1.54) is 17.7 Å². The fourth-order valence-electron chi connectivity index (χ4n) is 5.07. The largest absolute Gasteiger partial charge is 0.478 e. The van der Waals surface area contributed by atoms with Gasteiger partial charge < -0.3 is 9.94 Å². The van der Waals surface area contributed by atoms with Gasteiger partial charge in [-0.15, -0.1) is 0 Å². The molecule has 5 rings (SSSR count). The number of carboxylic acids is 1. The summed E-state index contributed by atoms with van der Waals surface area (Å²) in [4.78, 5) is 17.2. The summed E-state index contributed by atoms with van der Waals surface area (Å²) < 4.78 is 38.9. The van der Waals surface area contributed by atoms with Crippen molar-refractivity contribution in [1.82, 2.24) is 5.06 Å². The first-order valence-electron chi connectivity index (χ1n) is 12.1. The molecule has 190 valence electrons. The van der Waals surface area contributed by atoms with Crippen LogP contribution in [0.1, 0.15) is 40.2 Å². The quantitative estimate of drug-likeness (QED) is 0.303. The van der Waals surface area contributed by atoms with Crippen LogP contribution in [0.2, 0.25) is 0 Å². The van der Waals surface area contributed by atoms with Crippen molar-refractivity contribution < 1.29 is 27.9 Å². The molecule has 0 saturated carbocycles. The summed E-state index contributed by atoms with van der Waals surface area (Å²) >= 11 is 0. The molecule has 0 atom stereocenters. The van der Waals surface area contributed by atoms with Crippen LogP contribution in [0.5, 0.6) is 0 Å². The minimum atomic E-state index is -4.40. The van der Waals surface area contributed by atoms with Crippen LogP contribution in [0.15, 0.2) is 78.9 Å². The number of hydrogen-bond acceptors (Lipinski definition) is 3. The van der Waals surface area contributed by atoms with Gasteiger partial charge in [-0.1, -0.05) is 48.5 Å². The molecule has 1 aliphatic heterocycles. The van der Waals surface area contributed by atoms with Crippen LogP contribution in [-0.2, 0) is 11.0 Å². The molecule has 1 fully saturated rings. The van der Waals surface area contributed by atoms with Crippen molar-refractivity contribution in [3.8, 4) is 22.3 Å². The topological polar surface area (TPSA) is 49.8 Å². The van der Waals surface area contributed by atoms with Crippen LogP contribution < -0.4 is 0 Å². The molecule has 37 heavy (non-hydrogen) atoms. The van der Waals surface area contributed by atoms with Gasteiger partial charge in [-0.2, -0.15) is 18.2 Å². The number of halogens is 3. The van der Waals surface area contributed by atoms with Gasteiger partial charge in [0, 0.05) is 13.1 Å². The number of piperidine rings is 1. The Balaban J connectivity index is 1.50. The molecule has 1 N–H and O–H groups in total. The standard InChI is InChI=1S/C30H26F3NO3/c1-37-34-14-12-21(13-15-34)19-2-4-22(5-3-19)28-18-25(29(35)36)17-24-16-23(8-11-27(24)28)20-6-9-26(10-7-20)30(31,32)33/h2-11,16-18,21H,12-15H2,1H3,(H,35,36). The molecule has 0 unspecified atom stereocenters. The number of aromatic carboxylic acids is 1. The van der Waals surface area contributed by atoms with Crippen LogP contribution in [0.4, 0.5) is 13.2 Å². The third-order valence-corrected chi connectivity index (χ3v) is 7.15. The molecule has 0 aromatic heterocycles. The zero-order chi connectivity index (χ0) is 26.2. The van der Waals surface area contributed by atoms with Gasteiger partial charge in [0.25, 0.3) is 0 Å². The third-order valence-electron chi connectivity index (χ3n) is 7.15. The van der Waals surface area contributed by atoms with Gasteiger partial charge in [-0.3, -0.25) is 0 Å². The van der Waals surface area contributed by atoms with Gasteiger partial charge in [-0.05, 0) is 87.7 Å². The lowest BCUT2D eigenvalue weighted by Crippen LogP contribution is -2.31. The Morgan fingerprint density at radius 3 is 2.08 bits per heavy atom. The first kappa shape index (κ1) is 25.0. The molecule has 1 heterocycles. The highest BCUT2D eigenvalue weighted by atomic mass is 19.4. The second kappa shape index (κ2) is 10.00. The van der Waals surface area contributed by atoms with Gasteiger partial charge in [0.2, 0.25) is 0 Å². The number of hydroxylamine groups is 2. The molecule has 1 aliphatic rings. The van der Waals surface area contributed by atoms with E-state index in [1.54, 1.807) is 19.2 Å². The molecule has 0 bridgehead atoms. The first-order chi connectivity index (χ1) is 17.7. The molecular formula is C30H26F3NO3. The van der Waals surface area contributed by atoms with E-state index >= 15 is 0 Å². The molecule has 7 heteroatoms. The first-order valence-corrected chi connectivity index (χ1v) is 12.1. The SMILES string of the molecule is CON1CCC(c2ccc(-c3cc(C(=O)O)cc4cc(-c5ccc(C(F)(F)F)cc5)ccc34)cc2)CC1. The molecule has 4 aromatic carbocycles. The second-order valence-corrected chi connectivity index (χ2v) is 9.35. The average Bonchev–Trinajstić information content (AvgIpc) is 2.92. The molecule has 4 nitrogen and oxygen atoms in total. The van der Waals surface area contributed by atoms with Crippen molar-refractivity contribution in [2.45, 2.75) is 24.9 Å². The molecule has 1 saturated heterocycles. The smallest absolute Gasteiger partial charge is 0.416 e. The fourth-order valence-corrected chi connectivity index (χ4v) is 5.07. The molecule has 4 aromatic rings. The van der Waals surface area contributed by atoms with Gasteiger partial charge in [0.05, 0.1) is 18.2 Å². The van der Waals surface area contributed by atoms with Crippen LogP contribution in [0.25, 0.3) is 33.0 Å². The number of carboxylic acid groups (broad SMARTS) is 1. The minimum absolute atomic E-state index is 0.156. The summed E-state index contributed by atoms with van der Waals surface area (Å²) in [6.07, 6.45) is -2.38. The maximum absolute atomic E-state index is 13.0. The predicted molar refractivity (Wildman–Crippen MR) is 137 cm³/mol. The van der Waals surface area contributed by atoms with Crippen LogP contribution in [0.3, 0.4) is 0 Å². The van der Waals surface area contributed by atoms with Crippen LogP contribution in [0, 0.1) is 0 Å². The number of nitrogens with zero attached hydrogens (tertiary/aromatic N) is 1. The van der Waals surface area contributed by atoms with Gasteiger partial charge in [0.1, 0.15) is 0 Å². The highest BCUT2D eigenvalue weighted by molar-refractivity contribution is 6.04. The van der Waals surface area contributed by atoms with E-state index in [2.05, 4.69) is 12.1 Å². The maximum atomic E-state index is 13.0. The summed E-state index contributed by atoms with van der Waals surface area (Å²) in [6, 6.07) is 22.1. The molecule has 0 radical (unpaired) electrons. The lowest BCUT2D eigenvalue weighted by atomic mass is 9.88. The van der Waals surface area contributed by atoms with E-state index in [-0.39, 0.29) is 5.56 Å². The number of fused-ring (bicyclic) bond motifs is 1. The summed E-state index contributed by atoms with van der Waals surface area (Å²) in [6.45, 7) is 1.77. The second-order valence-electron chi connectivity index (χ2n) is 9.35. The zero-order valence-corrected chi connectivity index (χ0v) is 20.3.